The summed E-state index contributed by atoms with van der Waals surface area (Å²) in [5.74, 6) is 0.751. The molecule has 0 amide bonds. The fourth-order valence-corrected chi connectivity index (χ4v) is 4.42. The summed E-state index contributed by atoms with van der Waals surface area (Å²) >= 11 is 0. The molecule has 0 fully saturated rings. The van der Waals surface area contributed by atoms with E-state index in [9.17, 15) is 9.18 Å². The summed E-state index contributed by atoms with van der Waals surface area (Å²) in [6.45, 7) is 6.17. The fourth-order valence-electron chi connectivity index (χ4n) is 4.42. The largest absolute Gasteiger partial charge is 0.328 e. The molecule has 1 atom stereocenters. The first-order chi connectivity index (χ1) is 14.3. The van der Waals surface area contributed by atoms with Crippen LogP contribution in [0.3, 0.4) is 0 Å². The van der Waals surface area contributed by atoms with Crippen LogP contribution in [0.15, 0.2) is 59.8 Å². The van der Waals surface area contributed by atoms with E-state index in [1.165, 1.54) is 6.07 Å². The van der Waals surface area contributed by atoms with Crippen LogP contribution in [0.5, 0.6) is 0 Å². The van der Waals surface area contributed by atoms with Crippen LogP contribution in [-0.4, -0.2) is 20.5 Å². The molecule has 1 N–H and O–H groups in total. The minimum absolute atomic E-state index is 0.0278. The molecule has 1 aromatic heterocycles. The van der Waals surface area contributed by atoms with Crippen molar-refractivity contribution in [2.24, 2.45) is 5.41 Å². The van der Waals surface area contributed by atoms with Crippen LogP contribution in [0, 0.1) is 18.2 Å². The van der Waals surface area contributed by atoms with Gasteiger partial charge in [0.05, 0.1) is 0 Å². The highest BCUT2D eigenvalue weighted by molar-refractivity contribution is 6.00. The maximum Gasteiger partial charge on any atom is 0.226 e. The second-order valence-electron chi connectivity index (χ2n) is 8.95. The molecule has 152 valence electrons. The number of rotatable bonds is 2. The van der Waals surface area contributed by atoms with Gasteiger partial charge in [0, 0.05) is 28.8 Å². The first-order valence-electron chi connectivity index (χ1n) is 10.1. The van der Waals surface area contributed by atoms with Gasteiger partial charge in [-0.1, -0.05) is 61.9 Å². The Labute approximate surface area is 174 Å². The number of anilines is 1. The predicted molar refractivity (Wildman–Crippen MR) is 113 cm³/mol. The molecule has 6 heteroatoms. The maximum absolute atomic E-state index is 14.9. The Morgan fingerprint density at radius 2 is 1.83 bits per heavy atom. The summed E-state index contributed by atoms with van der Waals surface area (Å²) in [6.07, 6.45) is 1.12. The number of hydrogen-bond donors (Lipinski definition) is 1. The number of aromatic nitrogens is 3. The number of nitrogens with one attached hydrogen (secondary N) is 1. The van der Waals surface area contributed by atoms with Gasteiger partial charge in [-0.3, -0.25) is 4.79 Å². The van der Waals surface area contributed by atoms with E-state index in [-0.39, 0.29) is 17.0 Å². The SMILES string of the molecule is Cc1ccc(-c2nc3n(n2)C(c2ccccc2F)C2=C(CC(C)(C)CC2=O)N3)cc1. The summed E-state index contributed by atoms with van der Waals surface area (Å²) in [6, 6.07) is 13.9. The standard InChI is InChI=1S/C24H23FN4O/c1-14-8-10-15(11-9-14)22-27-23-26-18-12-24(2,3)13-19(30)20(18)21(29(23)28-22)16-6-4-5-7-17(16)25/h4-11,21H,12-13H2,1-3H3,(H,26,27,28). The Kier molecular flexibility index (Phi) is 4.13. The summed E-state index contributed by atoms with van der Waals surface area (Å²) < 4.78 is 16.5. The number of aryl methyl sites for hydroxylation is 1. The normalized spacial score (nSPS) is 19.9. The molecule has 1 unspecified atom stereocenters. The number of allylic oxidation sites excluding steroid dienone is 2. The van der Waals surface area contributed by atoms with Gasteiger partial charge in [0.15, 0.2) is 11.6 Å². The van der Waals surface area contributed by atoms with Crippen LogP contribution in [0.1, 0.15) is 43.9 Å². The van der Waals surface area contributed by atoms with Crippen LogP contribution in [-0.2, 0) is 4.79 Å². The highest BCUT2D eigenvalue weighted by Gasteiger charge is 2.42. The minimum Gasteiger partial charge on any atom is -0.328 e. The molecule has 30 heavy (non-hydrogen) atoms. The molecule has 1 aliphatic heterocycles. The van der Waals surface area contributed by atoms with Gasteiger partial charge in [-0.2, -0.15) is 4.98 Å². The molecular weight excluding hydrogens is 379 g/mol. The van der Waals surface area contributed by atoms with Crippen molar-refractivity contribution in [3.05, 3.63) is 76.7 Å². The number of hydrogen-bond acceptors (Lipinski definition) is 4. The van der Waals surface area contributed by atoms with E-state index in [2.05, 4.69) is 19.2 Å². The van der Waals surface area contributed by atoms with Gasteiger partial charge in [0.2, 0.25) is 5.95 Å². The van der Waals surface area contributed by atoms with Crippen LogP contribution in [0.25, 0.3) is 11.4 Å². The molecule has 0 saturated carbocycles. The van der Waals surface area contributed by atoms with Crippen LogP contribution in [0.2, 0.25) is 0 Å². The van der Waals surface area contributed by atoms with Gasteiger partial charge >= 0.3 is 0 Å². The first kappa shape index (κ1) is 18.7. The first-order valence-corrected chi connectivity index (χ1v) is 10.1. The maximum atomic E-state index is 14.9. The van der Waals surface area contributed by atoms with Crippen molar-refractivity contribution in [2.75, 3.05) is 5.32 Å². The number of carbonyl (C=O) groups is 1. The number of halogens is 1. The van der Waals surface area contributed by atoms with Crippen molar-refractivity contribution >= 4 is 11.7 Å². The zero-order valence-electron chi connectivity index (χ0n) is 17.2. The molecule has 3 aromatic rings. The summed E-state index contributed by atoms with van der Waals surface area (Å²) in [4.78, 5) is 17.9. The number of benzene rings is 2. The lowest BCUT2D eigenvalue weighted by atomic mass is 9.73. The zero-order valence-corrected chi connectivity index (χ0v) is 17.2. The van der Waals surface area contributed by atoms with Crippen LogP contribution >= 0.6 is 0 Å². The molecule has 0 bridgehead atoms. The monoisotopic (exact) mass is 402 g/mol. The van der Waals surface area contributed by atoms with Crippen LogP contribution in [0.4, 0.5) is 10.3 Å². The topological polar surface area (TPSA) is 59.8 Å². The molecule has 2 aliphatic rings. The highest BCUT2D eigenvalue weighted by atomic mass is 19.1. The second-order valence-corrected chi connectivity index (χ2v) is 8.95. The van der Waals surface area contributed by atoms with Crippen molar-refractivity contribution < 1.29 is 9.18 Å². The van der Waals surface area contributed by atoms with Crippen molar-refractivity contribution in [1.29, 1.82) is 0 Å². The fraction of sp³-hybridized carbons (Fsp3) is 0.292. The molecule has 2 aromatic carbocycles. The molecule has 2 heterocycles. The third-order valence-corrected chi connectivity index (χ3v) is 5.84. The molecule has 0 saturated heterocycles. The van der Waals surface area contributed by atoms with E-state index < -0.39 is 6.04 Å². The summed E-state index contributed by atoms with van der Waals surface area (Å²) in [7, 11) is 0. The van der Waals surface area contributed by atoms with Crippen molar-refractivity contribution in [3.63, 3.8) is 0 Å². The van der Waals surface area contributed by atoms with Gasteiger partial charge in [-0.25, -0.2) is 9.07 Å². The Bertz CT molecular complexity index is 1190. The Balaban J connectivity index is 1.70. The highest BCUT2D eigenvalue weighted by Crippen LogP contribution is 2.46. The minimum atomic E-state index is -0.632. The Hall–Kier alpha value is -3.28. The number of ketones is 1. The third kappa shape index (κ3) is 3.03. The Morgan fingerprint density at radius 1 is 1.10 bits per heavy atom. The molecule has 5 rings (SSSR count). The average Bonchev–Trinajstić information content (AvgIpc) is 3.10. The van der Waals surface area contributed by atoms with E-state index in [0.29, 0.717) is 35.8 Å². The average molecular weight is 402 g/mol. The molecular formula is C24H23FN4O. The number of fused-ring (bicyclic) bond motifs is 1. The van der Waals surface area contributed by atoms with E-state index in [1.54, 1.807) is 22.9 Å². The zero-order chi connectivity index (χ0) is 21.0. The van der Waals surface area contributed by atoms with Crippen molar-refractivity contribution in [2.45, 2.75) is 39.7 Å². The molecule has 0 spiro atoms. The van der Waals surface area contributed by atoms with Crippen molar-refractivity contribution in [1.82, 2.24) is 14.8 Å². The summed E-state index contributed by atoms with van der Waals surface area (Å²) in [5.41, 5.74) is 3.70. The lowest BCUT2D eigenvalue weighted by Gasteiger charge is -2.38. The van der Waals surface area contributed by atoms with Gasteiger partial charge in [0.25, 0.3) is 0 Å². The van der Waals surface area contributed by atoms with E-state index in [4.69, 9.17) is 10.1 Å². The Morgan fingerprint density at radius 3 is 2.57 bits per heavy atom. The number of nitrogens with zero attached hydrogens (tertiary/aromatic N) is 3. The van der Waals surface area contributed by atoms with Crippen LogP contribution < -0.4 is 5.32 Å². The smallest absolute Gasteiger partial charge is 0.226 e. The van der Waals surface area contributed by atoms with Gasteiger partial charge in [0.1, 0.15) is 11.9 Å². The van der Waals surface area contributed by atoms with Gasteiger partial charge < -0.3 is 5.32 Å². The number of carbonyl (C=O) groups excluding carboxylic acids is 1. The summed E-state index contributed by atoms with van der Waals surface area (Å²) in [5, 5.41) is 8.03. The molecule has 5 nitrogen and oxygen atoms in total. The number of Topliss-reactive ketones (excluding diaryl/α,β-unsaturated/α-hetero) is 1. The van der Waals surface area contributed by atoms with E-state index in [1.807, 2.05) is 31.2 Å². The van der Waals surface area contributed by atoms with E-state index >= 15 is 0 Å². The molecule has 1 aliphatic carbocycles. The van der Waals surface area contributed by atoms with E-state index in [0.717, 1.165) is 16.8 Å². The lowest BCUT2D eigenvalue weighted by molar-refractivity contribution is -0.118. The van der Waals surface area contributed by atoms with Gasteiger partial charge in [-0.15, -0.1) is 5.10 Å². The predicted octanol–water partition coefficient (Wildman–Crippen LogP) is 5.05. The van der Waals surface area contributed by atoms with Crippen molar-refractivity contribution in [3.8, 4) is 11.4 Å². The second kappa shape index (κ2) is 6.62. The lowest BCUT2D eigenvalue weighted by Crippen LogP contribution is -2.36. The third-order valence-electron chi connectivity index (χ3n) is 5.84. The van der Waals surface area contributed by atoms with Gasteiger partial charge in [-0.05, 0) is 24.8 Å². The molecule has 0 radical (unpaired) electrons. The quantitative estimate of drug-likeness (QED) is 0.652.